The molecule has 21 heavy (non-hydrogen) atoms. The van der Waals surface area contributed by atoms with Crippen molar-refractivity contribution in [1.29, 1.82) is 0 Å². The fourth-order valence-corrected chi connectivity index (χ4v) is 3.02. The van der Waals surface area contributed by atoms with Crippen molar-refractivity contribution in [3.63, 3.8) is 0 Å². The lowest BCUT2D eigenvalue weighted by molar-refractivity contribution is 0.103. The lowest BCUT2D eigenvalue weighted by atomic mass is 10.2. The van der Waals surface area contributed by atoms with Gasteiger partial charge in [-0.1, -0.05) is 0 Å². The van der Waals surface area contributed by atoms with Crippen LogP contribution in [-0.4, -0.2) is 15.9 Å². The number of nitrogens with one attached hydrogen (secondary N) is 1. The van der Waals surface area contributed by atoms with Crippen LogP contribution in [0.5, 0.6) is 0 Å². The maximum atomic E-state index is 12.3. The second-order valence-electron chi connectivity index (χ2n) is 4.79. The Labute approximate surface area is 125 Å². The summed E-state index contributed by atoms with van der Waals surface area (Å²) in [5.41, 5.74) is 8.98. The maximum absolute atomic E-state index is 12.3. The summed E-state index contributed by atoms with van der Waals surface area (Å²) in [6.07, 6.45) is 1.62. The van der Waals surface area contributed by atoms with E-state index in [0.717, 1.165) is 21.6 Å². The smallest absolute Gasteiger partial charge is 0.267 e. The molecule has 3 aromatic rings. The number of rotatable bonds is 2. The average molecular weight is 298 g/mol. The summed E-state index contributed by atoms with van der Waals surface area (Å²) in [5.74, 6) is -0.237. The van der Waals surface area contributed by atoms with Gasteiger partial charge in [-0.15, -0.1) is 11.3 Å². The van der Waals surface area contributed by atoms with Crippen LogP contribution in [-0.2, 0) is 0 Å². The number of aromatic nitrogens is 2. The van der Waals surface area contributed by atoms with Crippen LogP contribution >= 0.6 is 11.3 Å². The van der Waals surface area contributed by atoms with Crippen molar-refractivity contribution in [3.8, 4) is 0 Å². The second kappa shape index (κ2) is 5.14. The van der Waals surface area contributed by atoms with Gasteiger partial charge < -0.3 is 11.1 Å². The minimum atomic E-state index is -0.237. The first kappa shape index (κ1) is 13.5. The summed E-state index contributed by atoms with van der Waals surface area (Å²) in [6, 6.07) is 7.44. The van der Waals surface area contributed by atoms with Crippen LogP contribution in [0.4, 0.5) is 11.4 Å². The van der Waals surface area contributed by atoms with E-state index >= 15 is 0 Å². The molecule has 3 heterocycles. The number of thiophene rings is 1. The molecule has 0 bridgehead atoms. The van der Waals surface area contributed by atoms with E-state index in [-0.39, 0.29) is 5.91 Å². The summed E-state index contributed by atoms with van der Waals surface area (Å²) in [6.45, 7) is 3.80. The molecule has 1 amide bonds. The van der Waals surface area contributed by atoms with Crippen LogP contribution in [0.3, 0.4) is 0 Å². The molecule has 3 aromatic heterocycles. The Kier molecular flexibility index (Phi) is 3.31. The monoisotopic (exact) mass is 298 g/mol. The molecule has 0 atom stereocenters. The molecule has 106 valence electrons. The molecule has 0 unspecified atom stereocenters. The summed E-state index contributed by atoms with van der Waals surface area (Å²) in [5, 5.41) is 3.62. The van der Waals surface area contributed by atoms with Gasteiger partial charge in [0.05, 0.1) is 17.6 Å². The predicted molar refractivity (Wildman–Crippen MR) is 85.7 cm³/mol. The van der Waals surface area contributed by atoms with E-state index < -0.39 is 0 Å². The number of hydrogen-bond acceptors (Lipinski definition) is 5. The molecule has 0 radical (unpaired) electrons. The third-order valence-corrected chi connectivity index (χ3v) is 4.22. The molecule has 0 spiro atoms. The highest BCUT2D eigenvalue weighted by atomic mass is 32.1. The van der Waals surface area contributed by atoms with Gasteiger partial charge in [0.1, 0.15) is 9.71 Å². The molecule has 6 heteroatoms. The molecule has 0 fully saturated rings. The lowest BCUT2D eigenvalue weighted by Gasteiger charge is -2.04. The molecular formula is C15H14N4OS. The van der Waals surface area contributed by atoms with E-state index in [0.29, 0.717) is 16.3 Å². The maximum Gasteiger partial charge on any atom is 0.267 e. The van der Waals surface area contributed by atoms with E-state index in [1.165, 1.54) is 11.3 Å². The van der Waals surface area contributed by atoms with Crippen LogP contribution in [0, 0.1) is 13.8 Å². The number of nitrogen functional groups attached to an aromatic ring is 1. The molecule has 0 saturated carbocycles. The Morgan fingerprint density at radius 3 is 2.67 bits per heavy atom. The molecule has 0 saturated heterocycles. The first-order valence-corrected chi connectivity index (χ1v) is 7.26. The summed E-state index contributed by atoms with van der Waals surface area (Å²) in [7, 11) is 0. The quantitative estimate of drug-likeness (QED) is 0.761. The van der Waals surface area contributed by atoms with Gasteiger partial charge >= 0.3 is 0 Å². The summed E-state index contributed by atoms with van der Waals surface area (Å²) < 4.78 is 0. The van der Waals surface area contributed by atoms with Crippen LogP contribution < -0.4 is 11.1 Å². The number of amides is 1. The van der Waals surface area contributed by atoms with Gasteiger partial charge in [0.15, 0.2) is 0 Å². The fourth-order valence-electron chi connectivity index (χ4n) is 1.99. The standard InChI is InChI=1S/C15H14N4OS/c1-8-3-5-10(7-17-8)19-14(20)13-12(16)11-6-4-9(2)18-15(11)21-13/h3-7H,16H2,1-2H3,(H,19,20). The highest BCUT2D eigenvalue weighted by Crippen LogP contribution is 2.32. The Balaban J connectivity index is 1.94. The SMILES string of the molecule is Cc1ccc(NC(=O)c2sc3nc(C)ccc3c2N)cn1. The van der Waals surface area contributed by atoms with Gasteiger partial charge in [0.25, 0.3) is 5.91 Å². The summed E-state index contributed by atoms with van der Waals surface area (Å²) in [4.78, 5) is 22.1. The highest BCUT2D eigenvalue weighted by Gasteiger charge is 2.17. The Morgan fingerprint density at radius 1 is 1.19 bits per heavy atom. The van der Waals surface area contributed by atoms with Crippen molar-refractivity contribution in [2.45, 2.75) is 13.8 Å². The van der Waals surface area contributed by atoms with Crippen LogP contribution in [0.15, 0.2) is 30.5 Å². The first-order valence-electron chi connectivity index (χ1n) is 6.44. The topological polar surface area (TPSA) is 80.9 Å². The van der Waals surface area contributed by atoms with E-state index in [1.807, 2.05) is 38.1 Å². The van der Waals surface area contributed by atoms with E-state index in [2.05, 4.69) is 15.3 Å². The lowest BCUT2D eigenvalue weighted by Crippen LogP contribution is -2.12. The molecule has 3 N–H and O–H groups in total. The van der Waals surface area contributed by atoms with Crippen LogP contribution in [0.25, 0.3) is 10.2 Å². The number of hydrogen-bond donors (Lipinski definition) is 2. The largest absolute Gasteiger partial charge is 0.397 e. The van der Waals surface area contributed by atoms with Gasteiger partial charge in [-0.25, -0.2) is 4.98 Å². The van der Waals surface area contributed by atoms with Gasteiger partial charge in [0.2, 0.25) is 0 Å². The summed E-state index contributed by atoms with van der Waals surface area (Å²) >= 11 is 1.30. The number of nitrogens with two attached hydrogens (primary N) is 1. The molecule has 0 aliphatic rings. The zero-order chi connectivity index (χ0) is 15.0. The number of carbonyl (C=O) groups excluding carboxylic acids is 1. The number of carbonyl (C=O) groups is 1. The second-order valence-corrected chi connectivity index (χ2v) is 5.79. The van der Waals surface area contributed by atoms with Crippen molar-refractivity contribution in [2.24, 2.45) is 0 Å². The fraction of sp³-hybridized carbons (Fsp3) is 0.133. The number of pyridine rings is 2. The third kappa shape index (κ3) is 2.57. The molecular weight excluding hydrogens is 284 g/mol. The van der Waals surface area contributed by atoms with Crippen molar-refractivity contribution in [3.05, 3.63) is 46.7 Å². The molecule has 0 aromatic carbocycles. The van der Waals surface area contributed by atoms with Crippen molar-refractivity contribution >= 4 is 38.8 Å². The minimum Gasteiger partial charge on any atom is -0.397 e. The predicted octanol–water partition coefficient (Wildman–Crippen LogP) is 3.14. The van der Waals surface area contributed by atoms with Crippen molar-refractivity contribution in [2.75, 3.05) is 11.1 Å². The van der Waals surface area contributed by atoms with Crippen LogP contribution in [0.1, 0.15) is 21.1 Å². The van der Waals surface area contributed by atoms with Crippen molar-refractivity contribution < 1.29 is 4.79 Å². The molecule has 0 aliphatic carbocycles. The molecule has 5 nitrogen and oxygen atoms in total. The zero-order valence-electron chi connectivity index (χ0n) is 11.7. The van der Waals surface area contributed by atoms with Crippen molar-refractivity contribution in [1.82, 2.24) is 9.97 Å². The van der Waals surface area contributed by atoms with Gasteiger partial charge in [-0.2, -0.15) is 0 Å². The molecule has 0 aliphatic heterocycles. The Hall–Kier alpha value is -2.47. The van der Waals surface area contributed by atoms with Gasteiger partial charge in [0, 0.05) is 16.8 Å². The Morgan fingerprint density at radius 2 is 1.95 bits per heavy atom. The average Bonchev–Trinajstić information content (AvgIpc) is 2.78. The number of anilines is 2. The van der Waals surface area contributed by atoms with Gasteiger partial charge in [-0.05, 0) is 38.1 Å². The highest BCUT2D eigenvalue weighted by molar-refractivity contribution is 7.21. The van der Waals surface area contributed by atoms with Crippen LogP contribution in [0.2, 0.25) is 0 Å². The number of aryl methyl sites for hydroxylation is 2. The zero-order valence-corrected chi connectivity index (χ0v) is 12.5. The number of fused-ring (bicyclic) bond motifs is 1. The van der Waals surface area contributed by atoms with Gasteiger partial charge in [-0.3, -0.25) is 9.78 Å². The normalized spacial score (nSPS) is 10.8. The minimum absolute atomic E-state index is 0.237. The van der Waals surface area contributed by atoms with E-state index in [4.69, 9.17) is 5.73 Å². The number of nitrogens with zero attached hydrogens (tertiary/aromatic N) is 2. The Bertz CT molecular complexity index is 824. The van der Waals surface area contributed by atoms with E-state index in [1.54, 1.807) is 6.20 Å². The van der Waals surface area contributed by atoms with E-state index in [9.17, 15) is 4.79 Å². The first-order chi connectivity index (χ1) is 10.0. The molecule has 3 rings (SSSR count). The third-order valence-electron chi connectivity index (χ3n) is 3.11.